The van der Waals surface area contributed by atoms with Crippen LogP contribution in [0.25, 0.3) is 0 Å². The SMILES string of the molecule is COCCNCCN1CCOC2CCCCC21. The van der Waals surface area contributed by atoms with Gasteiger partial charge in [0.1, 0.15) is 0 Å². The van der Waals surface area contributed by atoms with Crippen molar-refractivity contribution in [2.45, 2.75) is 37.8 Å². The Balaban J connectivity index is 1.67. The molecule has 0 aromatic heterocycles. The highest BCUT2D eigenvalue weighted by atomic mass is 16.5. The predicted molar refractivity (Wildman–Crippen MR) is 68.3 cm³/mol. The van der Waals surface area contributed by atoms with Crippen LogP contribution in [0.15, 0.2) is 0 Å². The minimum absolute atomic E-state index is 0.511. The summed E-state index contributed by atoms with van der Waals surface area (Å²) >= 11 is 0. The van der Waals surface area contributed by atoms with Crippen LogP contribution in [-0.4, -0.2) is 63.5 Å². The number of ether oxygens (including phenoxy) is 2. The Labute approximate surface area is 105 Å². The van der Waals surface area contributed by atoms with Gasteiger partial charge in [0, 0.05) is 39.3 Å². The van der Waals surface area contributed by atoms with E-state index in [9.17, 15) is 0 Å². The Kier molecular flexibility index (Phi) is 5.71. The number of rotatable bonds is 6. The van der Waals surface area contributed by atoms with Crippen LogP contribution in [0.4, 0.5) is 0 Å². The number of methoxy groups -OCH3 is 1. The summed E-state index contributed by atoms with van der Waals surface area (Å²) in [6, 6.07) is 0.682. The normalized spacial score (nSPS) is 30.2. The van der Waals surface area contributed by atoms with Crippen LogP contribution in [0.2, 0.25) is 0 Å². The molecule has 0 amide bonds. The van der Waals surface area contributed by atoms with Crippen molar-refractivity contribution < 1.29 is 9.47 Å². The first-order valence-corrected chi connectivity index (χ1v) is 6.97. The van der Waals surface area contributed by atoms with Crippen LogP contribution in [0.3, 0.4) is 0 Å². The molecule has 0 aromatic carbocycles. The van der Waals surface area contributed by atoms with Crippen molar-refractivity contribution in [1.82, 2.24) is 10.2 Å². The van der Waals surface area contributed by atoms with Crippen molar-refractivity contribution in [2.24, 2.45) is 0 Å². The lowest BCUT2D eigenvalue weighted by molar-refractivity contribution is -0.0874. The van der Waals surface area contributed by atoms with Gasteiger partial charge in [-0.2, -0.15) is 0 Å². The molecule has 1 aliphatic carbocycles. The third-order valence-electron chi connectivity index (χ3n) is 3.91. The van der Waals surface area contributed by atoms with Gasteiger partial charge in [-0.25, -0.2) is 0 Å². The molecule has 100 valence electrons. The fourth-order valence-electron chi connectivity index (χ4n) is 2.98. The molecule has 0 aromatic rings. The van der Waals surface area contributed by atoms with Crippen molar-refractivity contribution >= 4 is 0 Å². The second kappa shape index (κ2) is 7.31. The first-order chi connectivity index (χ1) is 8.42. The number of fused-ring (bicyclic) bond motifs is 1. The van der Waals surface area contributed by atoms with Gasteiger partial charge in [-0.05, 0) is 12.8 Å². The maximum absolute atomic E-state index is 5.87. The zero-order valence-corrected chi connectivity index (χ0v) is 11.0. The molecule has 0 radical (unpaired) electrons. The maximum Gasteiger partial charge on any atom is 0.0730 e. The smallest absolute Gasteiger partial charge is 0.0730 e. The minimum Gasteiger partial charge on any atom is -0.383 e. The number of nitrogens with one attached hydrogen (secondary N) is 1. The average molecular weight is 242 g/mol. The first-order valence-electron chi connectivity index (χ1n) is 6.97. The largest absolute Gasteiger partial charge is 0.383 e. The summed E-state index contributed by atoms with van der Waals surface area (Å²) in [4.78, 5) is 2.62. The Hall–Kier alpha value is -0.160. The fourth-order valence-corrected chi connectivity index (χ4v) is 2.98. The van der Waals surface area contributed by atoms with Crippen LogP contribution < -0.4 is 5.32 Å². The van der Waals surface area contributed by atoms with Gasteiger partial charge in [-0.15, -0.1) is 0 Å². The average Bonchev–Trinajstić information content (AvgIpc) is 2.39. The molecule has 2 unspecified atom stereocenters. The van der Waals surface area contributed by atoms with Gasteiger partial charge in [-0.3, -0.25) is 4.90 Å². The lowest BCUT2D eigenvalue weighted by atomic mass is 9.90. The molecule has 4 nitrogen and oxygen atoms in total. The van der Waals surface area contributed by atoms with Gasteiger partial charge >= 0.3 is 0 Å². The molecule has 1 N–H and O–H groups in total. The highest BCUT2D eigenvalue weighted by molar-refractivity contribution is 4.87. The van der Waals surface area contributed by atoms with Gasteiger partial charge in [0.25, 0.3) is 0 Å². The third-order valence-corrected chi connectivity index (χ3v) is 3.91. The topological polar surface area (TPSA) is 33.7 Å². The molecule has 0 bridgehead atoms. The van der Waals surface area contributed by atoms with E-state index in [1.54, 1.807) is 7.11 Å². The second-order valence-corrected chi connectivity index (χ2v) is 5.04. The summed E-state index contributed by atoms with van der Waals surface area (Å²) < 4.78 is 10.9. The fraction of sp³-hybridized carbons (Fsp3) is 1.00. The van der Waals surface area contributed by atoms with E-state index in [2.05, 4.69) is 10.2 Å². The molecule has 2 aliphatic rings. The minimum atomic E-state index is 0.511. The number of hydrogen-bond donors (Lipinski definition) is 1. The number of morpholine rings is 1. The van der Waals surface area contributed by atoms with Crippen LogP contribution in [-0.2, 0) is 9.47 Å². The molecule has 2 rings (SSSR count). The third kappa shape index (κ3) is 3.91. The molecule has 1 saturated heterocycles. The molecule has 4 heteroatoms. The summed E-state index contributed by atoms with van der Waals surface area (Å²) in [7, 11) is 1.75. The summed E-state index contributed by atoms with van der Waals surface area (Å²) in [5.74, 6) is 0. The summed E-state index contributed by atoms with van der Waals surface area (Å²) in [6.07, 6.45) is 5.82. The van der Waals surface area contributed by atoms with E-state index >= 15 is 0 Å². The van der Waals surface area contributed by atoms with Crippen LogP contribution in [0, 0.1) is 0 Å². The molecule has 0 spiro atoms. The van der Waals surface area contributed by atoms with Crippen molar-refractivity contribution in [1.29, 1.82) is 0 Å². The summed E-state index contributed by atoms with van der Waals surface area (Å²) in [6.45, 7) is 5.98. The highest BCUT2D eigenvalue weighted by Crippen LogP contribution is 2.27. The first kappa shape index (κ1) is 13.3. The van der Waals surface area contributed by atoms with Crippen molar-refractivity contribution in [3.63, 3.8) is 0 Å². The van der Waals surface area contributed by atoms with E-state index < -0.39 is 0 Å². The van der Waals surface area contributed by atoms with E-state index in [1.807, 2.05) is 0 Å². The summed E-state index contributed by atoms with van der Waals surface area (Å²) in [5, 5.41) is 3.42. The predicted octanol–water partition coefficient (Wildman–Crippen LogP) is 0.866. The molecule has 17 heavy (non-hydrogen) atoms. The van der Waals surface area contributed by atoms with E-state index in [1.165, 1.54) is 25.7 Å². The molecule has 1 saturated carbocycles. The highest BCUT2D eigenvalue weighted by Gasteiger charge is 2.33. The van der Waals surface area contributed by atoms with Gasteiger partial charge in [0.15, 0.2) is 0 Å². The van der Waals surface area contributed by atoms with Gasteiger partial charge in [-0.1, -0.05) is 12.8 Å². The van der Waals surface area contributed by atoms with Gasteiger partial charge in [0.2, 0.25) is 0 Å². The number of hydrogen-bond acceptors (Lipinski definition) is 4. The van der Waals surface area contributed by atoms with Crippen molar-refractivity contribution in [3.8, 4) is 0 Å². The second-order valence-electron chi connectivity index (χ2n) is 5.04. The molecule has 2 fully saturated rings. The lowest BCUT2D eigenvalue weighted by Crippen LogP contribution is -2.54. The zero-order valence-electron chi connectivity index (χ0n) is 11.0. The quantitative estimate of drug-likeness (QED) is 0.701. The Morgan fingerprint density at radius 1 is 1.29 bits per heavy atom. The van der Waals surface area contributed by atoms with E-state index in [-0.39, 0.29) is 0 Å². The Morgan fingerprint density at radius 2 is 2.18 bits per heavy atom. The Bertz CT molecular complexity index is 212. The van der Waals surface area contributed by atoms with Gasteiger partial charge < -0.3 is 14.8 Å². The van der Waals surface area contributed by atoms with E-state index in [4.69, 9.17) is 9.47 Å². The lowest BCUT2D eigenvalue weighted by Gasteiger charge is -2.43. The molecule has 2 atom stereocenters. The van der Waals surface area contributed by atoms with Crippen LogP contribution in [0.1, 0.15) is 25.7 Å². The number of nitrogens with zero attached hydrogens (tertiary/aromatic N) is 1. The van der Waals surface area contributed by atoms with Crippen LogP contribution in [0.5, 0.6) is 0 Å². The molecular formula is C13H26N2O2. The van der Waals surface area contributed by atoms with Crippen LogP contribution >= 0.6 is 0 Å². The standard InChI is InChI=1S/C13H26N2O2/c1-16-10-7-14-6-8-15-9-11-17-13-5-3-2-4-12(13)15/h12-14H,2-11H2,1H3. The molecular weight excluding hydrogens is 216 g/mol. The summed E-state index contributed by atoms with van der Waals surface area (Å²) in [5.41, 5.74) is 0. The van der Waals surface area contributed by atoms with E-state index in [0.29, 0.717) is 12.1 Å². The van der Waals surface area contributed by atoms with Crippen molar-refractivity contribution in [3.05, 3.63) is 0 Å². The monoisotopic (exact) mass is 242 g/mol. The molecule has 1 heterocycles. The Morgan fingerprint density at radius 3 is 3.06 bits per heavy atom. The zero-order chi connectivity index (χ0) is 11.9. The van der Waals surface area contributed by atoms with E-state index in [0.717, 1.165) is 39.4 Å². The molecule has 1 aliphatic heterocycles. The maximum atomic E-state index is 5.87. The van der Waals surface area contributed by atoms with Crippen molar-refractivity contribution in [2.75, 3.05) is 46.5 Å². The van der Waals surface area contributed by atoms with Gasteiger partial charge in [0.05, 0.1) is 19.3 Å².